The van der Waals surface area contributed by atoms with Crippen molar-refractivity contribution in [3.05, 3.63) is 28.3 Å². The monoisotopic (exact) mass is 361 g/mol. The molecule has 6 nitrogen and oxygen atoms in total. The van der Waals surface area contributed by atoms with E-state index in [1.165, 1.54) is 0 Å². The first-order valence-corrected chi connectivity index (χ1v) is 9.25. The van der Waals surface area contributed by atoms with Crippen LogP contribution in [-0.4, -0.2) is 61.1 Å². The minimum atomic E-state index is -0.0541. The lowest BCUT2D eigenvalue weighted by Crippen LogP contribution is -2.44. The summed E-state index contributed by atoms with van der Waals surface area (Å²) in [5.74, 6) is 0.869. The van der Waals surface area contributed by atoms with Gasteiger partial charge in [-0.2, -0.15) is 0 Å². The van der Waals surface area contributed by atoms with Gasteiger partial charge in [0.1, 0.15) is 5.75 Å². The fourth-order valence-corrected chi connectivity index (χ4v) is 3.43. The van der Waals surface area contributed by atoms with E-state index in [0.29, 0.717) is 26.2 Å². The van der Waals surface area contributed by atoms with Gasteiger partial charge in [0.2, 0.25) is 0 Å². The van der Waals surface area contributed by atoms with E-state index in [1.54, 1.807) is 12.0 Å². The summed E-state index contributed by atoms with van der Waals surface area (Å²) in [4.78, 5) is 29.0. The maximum absolute atomic E-state index is 13.1. The predicted molar refractivity (Wildman–Crippen MR) is 103 cm³/mol. The van der Waals surface area contributed by atoms with Gasteiger partial charge in [0, 0.05) is 37.8 Å². The largest absolute Gasteiger partial charge is 0.496 e. The number of amides is 3. The Balaban J connectivity index is 2.15. The van der Waals surface area contributed by atoms with Gasteiger partial charge in [-0.05, 0) is 63.8 Å². The van der Waals surface area contributed by atoms with Crippen LogP contribution < -0.4 is 10.1 Å². The summed E-state index contributed by atoms with van der Waals surface area (Å²) in [6.07, 6.45) is 0.782. The van der Waals surface area contributed by atoms with Crippen LogP contribution in [0.2, 0.25) is 0 Å². The lowest BCUT2D eigenvalue weighted by atomic mass is 9.97. The molecule has 0 atom stereocenters. The van der Waals surface area contributed by atoms with Crippen molar-refractivity contribution in [1.82, 2.24) is 15.1 Å². The van der Waals surface area contributed by atoms with Crippen LogP contribution in [0.5, 0.6) is 5.75 Å². The van der Waals surface area contributed by atoms with Gasteiger partial charge in [0.15, 0.2) is 0 Å². The van der Waals surface area contributed by atoms with E-state index in [0.717, 1.165) is 34.4 Å². The average Bonchev–Trinajstić information content (AvgIpc) is 2.83. The Morgan fingerprint density at radius 1 is 1.04 bits per heavy atom. The average molecular weight is 361 g/mol. The maximum atomic E-state index is 13.1. The highest BCUT2D eigenvalue weighted by Gasteiger charge is 2.25. The Morgan fingerprint density at radius 2 is 1.65 bits per heavy atom. The van der Waals surface area contributed by atoms with Gasteiger partial charge in [-0.3, -0.25) is 4.79 Å². The summed E-state index contributed by atoms with van der Waals surface area (Å²) >= 11 is 0. The molecule has 1 fully saturated rings. The van der Waals surface area contributed by atoms with Crippen molar-refractivity contribution in [2.24, 2.45) is 0 Å². The van der Waals surface area contributed by atoms with Crippen LogP contribution in [0.25, 0.3) is 0 Å². The van der Waals surface area contributed by atoms with Gasteiger partial charge < -0.3 is 19.9 Å². The minimum absolute atomic E-state index is 0.0301. The standard InChI is InChI=1S/C20H31N3O3/c1-13(2)21-20(25)23-9-7-8-22(10-11-23)19(24)17-12-14(3)18(26-6)16(5)15(17)4/h12-13H,7-11H2,1-6H3,(H,21,25). The third-order valence-corrected chi connectivity index (χ3v) is 4.94. The Kier molecular flexibility index (Phi) is 6.51. The molecule has 1 aliphatic heterocycles. The molecule has 1 N–H and O–H groups in total. The normalized spacial score (nSPS) is 15.0. The van der Waals surface area contributed by atoms with Crippen LogP contribution in [0.4, 0.5) is 4.79 Å². The van der Waals surface area contributed by atoms with Crippen molar-refractivity contribution in [3.63, 3.8) is 0 Å². The minimum Gasteiger partial charge on any atom is -0.496 e. The number of aryl methyl sites for hydroxylation is 1. The summed E-state index contributed by atoms with van der Waals surface area (Å²) < 4.78 is 5.45. The number of urea groups is 1. The zero-order valence-electron chi connectivity index (χ0n) is 16.8. The molecule has 144 valence electrons. The molecule has 6 heteroatoms. The predicted octanol–water partition coefficient (Wildman–Crippen LogP) is 2.89. The molecule has 0 unspecified atom stereocenters. The van der Waals surface area contributed by atoms with Crippen LogP contribution in [-0.2, 0) is 0 Å². The van der Waals surface area contributed by atoms with E-state index in [4.69, 9.17) is 4.74 Å². The number of nitrogens with one attached hydrogen (secondary N) is 1. The summed E-state index contributed by atoms with van der Waals surface area (Å²) in [6, 6.07) is 1.97. The summed E-state index contributed by atoms with van der Waals surface area (Å²) in [5, 5.41) is 2.92. The smallest absolute Gasteiger partial charge is 0.317 e. The second kappa shape index (κ2) is 8.43. The van der Waals surface area contributed by atoms with E-state index >= 15 is 0 Å². The van der Waals surface area contributed by atoms with Crippen LogP contribution in [0, 0.1) is 20.8 Å². The lowest BCUT2D eigenvalue weighted by molar-refractivity contribution is 0.0761. The Bertz CT molecular complexity index is 685. The molecule has 26 heavy (non-hydrogen) atoms. The Labute approximate surface area is 156 Å². The van der Waals surface area contributed by atoms with E-state index in [2.05, 4.69) is 5.32 Å². The molecule has 0 aliphatic carbocycles. The highest BCUT2D eigenvalue weighted by Crippen LogP contribution is 2.29. The van der Waals surface area contributed by atoms with Crippen molar-refractivity contribution in [1.29, 1.82) is 0 Å². The fourth-order valence-electron chi connectivity index (χ4n) is 3.43. The summed E-state index contributed by atoms with van der Waals surface area (Å²) in [7, 11) is 1.65. The molecule has 1 aromatic carbocycles. The van der Waals surface area contributed by atoms with Crippen molar-refractivity contribution < 1.29 is 14.3 Å². The van der Waals surface area contributed by atoms with Gasteiger partial charge in [-0.1, -0.05) is 0 Å². The molecule has 0 radical (unpaired) electrons. The zero-order valence-corrected chi connectivity index (χ0v) is 16.8. The number of methoxy groups -OCH3 is 1. The highest BCUT2D eigenvalue weighted by molar-refractivity contribution is 5.96. The number of hydrogen-bond donors (Lipinski definition) is 1. The molecule has 1 saturated heterocycles. The molecule has 1 aromatic rings. The fraction of sp³-hybridized carbons (Fsp3) is 0.600. The third kappa shape index (κ3) is 4.29. The molecule has 0 saturated carbocycles. The molecule has 0 bridgehead atoms. The van der Waals surface area contributed by atoms with Gasteiger partial charge >= 0.3 is 6.03 Å². The SMILES string of the molecule is COc1c(C)cc(C(=O)N2CCCN(C(=O)NC(C)C)CC2)c(C)c1C. The highest BCUT2D eigenvalue weighted by atomic mass is 16.5. The van der Waals surface area contributed by atoms with Gasteiger partial charge in [0.25, 0.3) is 5.91 Å². The van der Waals surface area contributed by atoms with Crippen molar-refractivity contribution in [3.8, 4) is 5.75 Å². The molecular formula is C20H31N3O3. The van der Waals surface area contributed by atoms with Gasteiger partial charge in [-0.25, -0.2) is 4.79 Å². The zero-order chi connectivity index (χ0) is 19.4. The molecule has 1 aliphatic rings. The van der Waals surface area contributed by atoms with Crippen molar-refractivity contribution >= 4 is 11.9 Å². The number of benzene rings is 1. The van der Waals surface area contributed by atoms with E-state index < -0.39 is 0 Å². The Hall–Kier alpha value is -2.24. The summed E-state index contributed by atoms with van der Waals surface area (Å²) in [6.45, 7) is 12.2. The first kappa shape index (κ1) is 20.1. The van der Waals surface area contributed by atoms with Crippen LogP contribution >= 0.6 is 0 Å². The molecular weight excluding hydrogens is 330 g/mol. The number of nitrogens with zero attached hydrogens (tertiary/aromatic N) is 2. The number of carbonyl (C=O) groups excluding carboxylic acids is 2. The summed E-state index contributed by atoms with van der Waals surface area (Å²) in [5.41, 5.74) is 3.65. The van der Waals surface area contributed by atoms with Crippen LogP contribution in [0.1, 0.15) is 47.3 Å². The lowest BCUT2D eigenvalue weighted by Gasteiger charge is -2.24. The molecule has 2 rings (SSSR count). The number of carbonyl (C=O) groups is 2. The van der Waals surface area contributed by atoms with Gasteiger partial charge in [0.05, 0.1) is 7.11 Å². The van der Waals surface area contributed by atoms with E-state index in [1.807, 2.05) is 45.6 Å². The molecule has 3 amide bonds. The first-order valence-electron chi connectivity index (χ1n) is 9.25. The number of hydrogen-bond acceptors (Lipinski definition) is 3. The van der Waals surface area contributed by atoms with Crippen molar-refractivity contribution in [2.45, 2.75) is 47.1 Å². The second-order valence-electron chi connectivity index (χ2n) is 7.26. The molecule has 0 aromatic heterocycles. The molecule has 1 heterocycles. The van der Waals surface area contributed by atoms with Gasteiger partial charge in [-0.15, -0.1) is 0 Å². The maximum Gasteiger partial charge on any atom is 0.317 e. The number of ether oxygens (including phenoxy) is 1. The quantitative estimate of drug-likeness (QED) is 0.900. The molecule has 0 spiro atoms. The van der Waals surface area contributed by atoms with E-state index in [9.17, 15) is 9.59 Å². The van der Waals surface area contributed by atoms with E-state index in [-0.39, 0.29) is 18.0 Å². The topological polar surface area (TPSA) is 61.9 Å². The van der Waals surface area contributed by atoms with Crippen molar-refractivity contribution in [2.75, 3.05) is 33.3 Å². The van der Waals surface area contributed by atoms with Crippen LogP contribution in [0.15, 0.2) is 6.07 Å². The van der Waals surface area contributed by atoms with Crippen LogP contribution in [0.3, 0.4) is 0 Å². The third-order valence-electron chi connectivity index (χ3n) is 4.94. The second-order valence-corrected chi connectivity index (χ2v) is 7.26. The number of rotatable bonds is 3. The Morgan fingerprint density at radius 3 is 2.27 bits per heavy atom. The first-order chi connectivity index (χ1) is 12.3.